The number of fused-ring (bicyclic) bond motifs is 3. The van der Waals surface area contributed by atoms with Gasteiger partial charge in [0.05, 0.1) is 23.3 Å². The quantitative estimate of drug-likeness (QED) is 0.508. The Labute approximate surface area is 180 Å². The van der Waals surface area contributed by atoms with Gasteiger partial charge in [-0.15, -0.1) is 13.2 Å². The van der Waals surface area contributed by atoms with E-state index in [4.69, 9.17) is 0 Å². The highest BCUT2D eigenvalue weighted by molar-refractivity contribution is 5.98. The summed E-state index contributed by atoms with van der Waals surface area (Å²) in [5.41, 5.74) is 2.66. The van der Waals surface area contributed by atoms with Gasteiger partial charge in [-0.1, -0.05) is 30.3 Å². The zero-order valence-electron chi connectivity index (χ0n) is 17.2. The van der Waals surface area contributed by atoms with Crippen molar-refractivity contribution < 1.29 is 22.7 Å². The van der Waals surface area contributed by atoms with Crippen molar-refractivity contribution in [1.29, 1.82) is 0 Å². The minimum absolute atomic E-state index is 0.239. The molecule has 4 aromatic rings. The van der Waals surface area contributed by atoms with E-state index < -0.39 is 18.9 Å². The summed E-state index contributed by atoms with van der Waals surface area (Å²) in [4.78, 5) is 34.0. The molecule has 0 aliphatic heterocycles. The van der Waals surface area contributed by atoms with Crippen molar-refractivity contribution in [1.82, 2.24) is 19.3 Å². The second-order valence-corrected chi connectivity index (χ2v) is 7.28. The SMILES string of the molecule is Cc1nc(-c2ccccc2)n2c1c(=O)[nH]c1ccc(C(=O)N(C)CCOC(F)(F)F)cc12. The smallest absolute Gasteiger partial charge is 0.339 e. The largest absolute Gasteiger partial charge is 0.522 e. The maximum atomic E-state index is 12.8. The van der Waals surface area contributed by atoms with Crippen LogP contribution in [0.4, 0.5) is 13.2 Å². The van der Waals surface area contributed by atoms with Crippen LogP contribution in [0.2, 0.25) is 0 Å². The van der Waals surface area contributed by atoms with Gasteiger partial charge in [0.2, 0.25) is 0 Å². The maximum Gasteiger partial charge on any atom is 0.522 e. The molecule has 0 unspecified atom stereocenters. The molecule has 0 aliphatic carbocycles. The average Bonchev–Trinajstić information content (AvgIpc) is 3.11. The van der Waals surface area contributed by atoms with Crippen molar-refractivity contribution in [3.05, 3.63) is 70.1 Å². The van der Waals surface area contributed by atoms with Crippen LogP contribution < -0.4 is 5.56 Å². The predicted molar refractivity (Wildman–Crippen MR) is 112 cm³/mol. The summed E-state index contributed by atoms with van der Waals surface area (Å²) >= 11 is 0. The molecule has 0 fully saturated rings. The molecule has 4 rings (SSSR count). The molecule has 32 heavy (non-hydrogen) atoms. The van der Waals surface area contributed by atoms with E-state index in [1.165, 1.54) is 13.1 Å². The van der Waals surface area contributed by atoms with Crippen LogP contribution in [-0.4, -0.2) is 51.7 Å². The number of halogens is 3. The van der Waals surface area contributed by atoms with E-state index in [2.05, 4.69) is 14.7 Å². The Balaban J connectivity index is 1.79. The highest BCUT2D eigenvalue weighted by Crippen LogP contribution is 2.25. The van der Waals surface area contributed by atoms with Crippen LogP contribution in [-0.2, 0) is 4.74 Å². The van der Waals surface area contributed by atoms with Gasteiger partial charge in [0.1, 0.15) is 11.3 Å². The molecular weight excluding hydrogens is 425 g/mol. The highest BCUT2D eigenvalue weighted by atomic mass is 19.4. The van der Waals surface area contributed by atoms with E-state index >= 15 is 0 Å². The van der Waals surface area contributed by atoms with Crippen LogP contribution in [0.1, 0.15) is 16.1 Å². The number of carbonyl (C=O) groups is 1. The summed E-state index contributed by atoms with van der Waals surface area (Å²) in [6.07, 6.45) is -4.75. The Morgan fingerprint density at radius 1 is 1.19 bits per heavy atom. The lowest BCUT2D eigenvalue weighted by Crippen LogP contribution is -2.31. The number of alkyl halides is 3. The molecule has 10 heteroatoms. The molecule has 1 amide bonds. The molecule has 0 bridgehead atoms. The summed E-state index contributed by atoms with van der Waals surface area (Å²) in [6.45, 7) is 0.818. The third-order valence-corrected chi connectivity index (χ3v) is 5.07. The zero-order valence-corrected chi connectivity index (χ0v) is 17.2. The third-order valence-electron chi connectivity index (χ3n) is 5.07. The summed E-state index contributed by atoms with van der Waals surface area (Å²) < 4.78 is 42.1. The van der Waals surface area contributed by atoms with Gasteiger partial charge in [-0.05, 0) is 25.1 Å². The van der Waals surface area contributed by atoms with Gasteiger partial charge in [-0.2, -0.15) is 0 Å². The summed E-state index contributed by atoms with van der Waals surface area (Å²) in [6, 6.07) is 14.0. The first kappa shape index (κ1) is 21.6. The lowest BCUT2D eigenvalue weighted by Gasteiger charge is -2.18. The molecule has 2 aromatic carbocycles. The van der Waals surface area contributed by atoms with Crippen molar-refractivity contribution in [2.45, 2.75) is 13.3 Å². The van der Waals surface area contributed by atoms with Crippen molar-refractivity contribution in [3.63, 3.8) is 0 Å². The number of hydrogen-bond acceptors (Lipinski definition) is 4. The van der Waals surface area contributed by atoms with Crippen molar-refractivity contribution in [3.8, 4) is 11.4 Å². The zero-order chi connectivity index (χ0) is 23.0. The second-order valence-electron chi connectivity index (χ2n) is 7.28. The van der Waals surface area contributed by atoms with Crippen molar-refractivity contribution >= 4 is 22.5 Å². The Morgan fingerprint density at radius 3 is 2.59 bits per heavy atom. The van der Waals surface area contributed by atoms with Crippen molar-refractivity contribution in [2.24, 2.45) is 0 Å². The fourth-order valence-electron chi connectivity index (χ4n) is 3.57. The number of amides is 1. The standard InChI is InChI=1S/C22H19F3N4O3/c1-13-18-20(30)27-16-9-8-15(21(31)28(2)10-11-32-22(23,24)25)12-17(16)29(18)19(26-13)14-6-4-3-5-7-14/h3-9,12H,10-11H2,1-2H3,(H,27,30). The number of hydrogen-bond donors (Lipinski definition) is 1. The van der Waals surface area contributed by atoms with Crippen LogP contribution >= 0.6 is 0 Å². The second kappa shape index (κ2) is 8.12. The van der Waals surface area contributed by atoms with Crippen LogP contribution in [0.5, 0.6) is 0 Å². The summed E-state index contributed by atoms with van der Waals surface area (Å²) in [5, 5.41) is 0. The molecule has 0 radical (unpaired) electrons. The van der Waals surface area contributed by atoms with E-state index in [9.17, 15) is 22.8 Å². The van der Waals surface area contributed by atoms with Gasteiger partial charge in [0.25, 0.3) is 11.5 Å². The molecule has 2 aromatic heterocycles. The number of aromatic nitrogens is 3. The van der Waals surface area contributed by atoms with Gasteiger partial charge >= 0.3 is 6.36 Å². The normalized spacial score (nSPS) is 11.9. The van der Waals surface area contributed by atoms with Gasteiger partial charge < -0.3 is 9.88 Å². The van der Waals surface area contributed by atoms with E-state index in [1.807, 2.05) is 30.3 Å². The molecule has 0 spiro atoms. The number of H-pyrrole nitrogens is 1. The van der Waals surface area contributed by atoms with Gasteiger partial charge in [0.15, 0.2) is 0 Å². The number of imidazole rings is 1. The molecule has 1 N–H and O–H groups in total. The number of aromatic amines is 1. The summed E-state index contributed by atoms with van der Waals surface area (Å²) in [5.74, 6) is 0.0702. The number of ether oxygens (including phenoxy) is 1. The van der Waals surface area contributed by atoms with E-state index in [-0.39, 0.29) is 17.7 Å². The fraction of sp³-hybridized carbons (Fsp3) is 0.227. The fourth-order valence-corrected chi connectivity index (χ4v) is 3.57. The monoisotopic (exact) mass is 444 g/mol. The number of carbonyl (C=O) groups excluding carboxylic acids is 1. The van der Waals surface area contributed by atoms with Gasteiger partial charge in [-0.25, -0.2) is 4.98 Å². The number of rotatable bonds is 5. The van der Waals surface area contributed by atoms with Crippen LogP contribution in [0.15, 0.2) is 53.3 Å². The average molecular weight is 444 g/mol. The number of nitrogens with zero attached hydrogens (tertiary/aromatic N) is 3. The van der Waals surface area contributed by atoms with Crippen LogP contribution in [0.25, 0.3) is 27.9 Å². The molecular formula is C22H19F3N4O3. The lowest BCUT2D eigenvalue weighted by atomic mass is 10.1. The van der Waals surface area contributed by atoms with E-state index in [0.717, 1.165) is 10.5 Å². The number of aryl methyl sites for hydroxylation is 1. The first-order valence-electron chi connectivity index (χ1n) is 9.72. The maximum absolute atomic E-state index is 12.8. The number of likely N-dealkylation sites (N-methyl/N-ethyl adjacent to an activating group) is 1. The van der Waals surface area contributed by atoms with Gasteiger partial charge in [-0.3, -0.25) is 18.7 Å². The van der Waals surface area contributed by atoms with Crippen LogP contribution in [0, 0.1) is 6.92 Å². The highest BCUT2D eigenvalue weighted by Gasteiger charge is 2.29. The molecule has 0 saturated heterocycles. The predicted octanol–water partition coefficient (Wildman–Crippen LogP) is 3.76. The summed E-state index contributed by atoms with van der Waals surface area (Å²) in [7, 11) is 1.39. The topological polar surface area (TPSA) is 79.7 Å². The Morgan fingerprint density at radius 2 is 1.91 bits per heavy atom. The molecule has 2 heterocycles. The Bertz CT molecular complexity index is 1360. The van der Waals surface area contributed by atoms with Crippen LogP contribution in [0.3, 0.4) is 0 Å². The number of benzene rings is 2. The molecule has 0 atom stereocenters. The lowest BCUT2D eigenvalue weighted by molar-refractivity contribution is -0.324. The molecule has 0 saturated carbocycles. The van der Waals surface area contributed by atoms with Crippen molar-refractivity contribution in [2.75, 3.05) is 20.2 Å². The minimum Gasteiger partial charge on any atom is -0.339 e. The molecule has 7 nitrogen and oxygen atoms in total. The first-order chi connectivity index (χ1) is 15.2. The third kappa shape index (κ3) is 4.09. The van der Waals surface area contributed by atoms with Gasteiger partial charge in [0, 0.05) is 24.7 Å². The van der Waals surface area contributed by atoms with E-state index in [0.29, 0.717) is 28.1 Å². The minimum atomic E-state index is -4.75. The Hall–Kier alpha value is -3.66. The first-order valence-corrected chi connectivity index (χ1v) is 9.72. The van der Waals surface area contributed by atoms with E-state index in [1.54, 1.807) is 23.5 Å². The Kier molecular flexibility index (Phi) is 5.47. The molecule has 0 aliphatic rings. The molecule has 166 valence electrons. The number of nitrogens with one attached hydrogen (secondary N) is 1.